The smallest absolute Gasteiger partial charge is 0.250 e. The first-order valence-electron chi connectivity index (χ1n) is 11.8. The maximum absolute atomic E-state index is 11.8. The molecule has 3 heterocycles. The summed E-state index contributed by atoms with van der Waals surface area (Å²) in [4.78, 5) is 31.2. The number of hydrogen-bond donors (Lipinski definition) is 1. The summed E-state index contributed by atoms with van der Waals surface area (Å²) in [6.45, 7) is 4.40. The lowest BCUT2D eigenvalue weighted by Crippen LogP contribution is -2.13. The van der Waals surface area contributed by atoms with Crippen LogP contribution in [-0.4, -0.2) is 20.3 Å². The van der Waals surface area contributed by atoms with Crippen molar-refractivity contribution in [3.8, 4) is 22.3 Å². The molecule has 1 saturated carbocycles. The molecule has 0 unspecified atom stereocenters. The number of aryl methyl sites for hydroxylation is 1. The topological polar surface area (TPSA) is 67.8 Å². The largest absolute Gasteiger partial charge is 0.345 e. The van der Waals surface area contributed by atoms with E-state index in [0.29, 0.717) is 17.0 Å². The van der Waals surface area contributed by atoms with Crippen LogP contribution in [0.15, 0.2) is 59.8 Å². The van der Waals surface area contributed by atoms with Gasteiger partial charge >= 0.3 is 0 Å². The zero-order valence-corrected chi connectivity index (χ0v) is 19.2. The van der Waals surface area contributed by atoms with Gasteiger partial charge in [0.05, 0.1) is 11.0 Å². The van der Waals surface area contributed by atoms with Crippen molar-refractivity contribution < 1.29 is 4.79 Å². The van der Waals surface area contributed by atoms with E-state index in [1.54, 1.807) is 13.1 Å². The van der Waals surface area contributed by atoms with E-state index >= 15 is 0 Å². The normalized spacial score (nSPS) is 14.6. The van der Waals surface area contributed by atoms with E-state index in [1.165, 1.54) is 32.1 Å². The monoisotopic (exact) mass is 439 g/mol. The van der Waals surface area contributed by atoms with Crippen molar-refractivity contribution in [1.82, 2.24) is 14.5 Å². The zero-order chi connectivity index (χ0) is 22.9. The van der Waals surface area contributed by atoms with Crippen LogP contribution in [0.2, 0.25) is 0 Å². The molecule has 1 aliphatic rings. The van der Waals surface area contributed by atoms with Crippen molar-refractivity contribution in [2.75, 3.05) is 0 Å². The molecule has 0 atom stereocenters. The van der Waals surface area contributed by atoms with Crippen LogP contribution in [0.25, 0.3) is 33.3 Å². The lowest BCUT2D eigenvalue weighted by molar-refractivity contribution is 0.101. The van der Waals surface area contributed by atoms with Crippen LogP contribution < -0.4 is 5.56 Å². The third-order valence-corrected chi connectivity index (χ3v) is 6.92. The maximum Gasteiger partial charge on any atom is 0.250 e. The summed E-state index contributed by atoms with van der Waals surface area (Å²) in [5.74, 6) is 0.751. The molecule has 1 aliphatic carbocycles. The summed E-state index contributed by atoms with van der Waals surface area (Å²) in [6, 6.07) is 11.9. The van der Waals surface area contributed by atoms with E-state index in [-0.39, 0.29) is 11.3 Å². The molecule has 168 valence electrons. The van der Waals surface area contributed by atoms with Crippen molar-refractivity contribution in [2.24, 2.45) is 5.92 Å². The number of fused-ring (bicyclic) bond motifs is 1. The number of aromatic nitrogens is 3. The number of nitrogens with one attached hydrogen (secondary N) is 1. The number of rotatable bonds is 5. The number of aromatic amines is 1. The third kappa shape index (κ3) is 4.28. The fourth-order valence-corrected chi connectivity index (χ4v) is 4.98. The maximum atomic E-state index is 11.8. The number of carbonyl (C=O) groups excluding carboxylic acids is 1. The van der Waals surface area contributed by atoms with Crippen LogP contribution in [0.4, 0.5) is 0 Å². The Kier molecular flexibility index (Phi) is 5.71. The summed E-state index contributed by atoms with van der Waals surface area (Å²) in [7, 11) is 0. The van der Waals surface area contributed by atoms with E-state index in [2.05, 4.69) is 21.8 Å². The standard InChI is InChI=1S/C28H29N3O2/c1-18-12-23(15-30-28(18)33)24-13-26-27(29-14-24)25(22-10-8-21(9-11-22)19(2)32)17-31(26)16-20-6-4-3-5-7-20/h8-15,17,20H,3-7,16H2,1-2H3,(H,30,33). The second-order valence-corrected chi connectivity index (χ2v) is 9.32. The van der Waals surface area contributed by atoms with Crippen molar-refractivity contribution in [1.29, 1.82) is 0 Å². The highest BCUT2D eigenvalue weighted by atomic mass is 16.1. The summed E-state index contributed by atoms with van der Waals surface area (Å²) in [5, 5.41) is 0. The van der Waals surface area contributed by atoms with Gasteiger partial charge in [-0.15, -0.1) is 0 Å². The molecule has 0 aliphatic heterocycles. The molecule has 5 nitrogen and oxygen atoms in total. The van der Waals surface area contributed by atoms with E-state index in [0.717, 1.165) is 39.8 Å². The Bertz CT molecular complexity index is 1370. The van der Waals surface area contributed by atoms with Crippen molar-refractivity contribution in [3.63, 3.8) is 0 Å². The Morgan fingerprint density at radius 2 is 1.82 bits per heavy atom. The van der Waals surface area contributed by atoms with Crippen LogP contribution in [0.5, 0.6) is 0 Å². The van der Waals surface area contributed by atoms with Crippen LogP contribution in [0.1, 0.15) is 54.9 Å². The van der Waals surface area contributed by atoms with Crippen molar-refractivity contribution >= 4 is 16.8 Å². The van der Waals surface area contributed by atoms with Gasteiger partial charge in [0.15, 0.2) is 5.78 Å². The second kappa shape index (κ2) is 8.81. The molecule has 1 aromatic carbocycles. The van der Waals surface area contributed by atoms with Gasteiger partial charge in [0.2, 0.25) is 0 Å². The molecule has 0 spiro atoms. The van der Waals surface area contributed by atoms with Gasteiger partial charge in [0.1, 0.15) is 0 Å². The molecule has 5 heteroatoms. The van der Waals surface area contributed by atoms with Gasteiger partial charge in [0.25, 0.3) is 5.56 Å². The van der Waals surface area contributed by atoms with Gasteiger partial charge in [-0.2, -0.15) is 0 Å². The molecule has 0 saturated heterocycles. The highest BCUT2D eigenvalue weighted by Gasteiger charge is 2.18. The predicted octanol–water partition coefficient (Wildman–Crippen LogP) is 6.15. The summed E-state index contributed by atoms with van der Waals surface area (Å²) in [6.07, 6.45) is 12.4. The molecule has 0 radical (unpaired) electrons. The molecule has 3 aromatic heterocycles. The Balaban J connectivity index is 1.62. The predicted molar refractivity (Wildman–Crippen MR) is 133 cm³/mol. The Morgan fingerprint density at radius 3 is 2.52 bits per heavy atom. The minimum Gasteiger partial charge on any atom is -0.345 e. The first-order valence-corrected chi connectivity index (χ1v) is 11.8. The van der Waals surface area contributed by atoms with Gasteiger partial charge in [0, 0.05) is 47.4 Å². The number of ketones is 1. The molecule has 4 aromatic rings. The lowest BCUT2D eigenvalue weighted by atomic mass is 9.89. The number of hydrogen-bond acceptors (Lipinski definition) is 3. The first kappa shape index (κ1) is 21.4. The van der Waals surface area contributed by atoms with Crippen molar-refractivity contribution in [2.45, 2.75) is 52.5 Å². The average Bonchev–Trinajstić information content (AvgIpc) is 3.19. The number of pyridine rings is 2. The van der Waals surface area contributed by atoms with E-state index < -0.39 is 0 Å². The number of Topliss-reactive ketones (excluding diaryl/α,β-unsaturated/α-hetero) is 1. The molecular weight excluding hydrogens is 410 g/mol. The second-order valence-electron chi connectivity index (χ2n) is 9.32. The van der Waals surface area contributed by atoms with Gasteiger partial charge < -0.3 is 9.55 Å². The highest BCUT2D eigenvalue weighted by molar-refractivity contribution is 5.97. The molecule has 0 bridgehead atoms. The molecule has 1 N–H and O–H groups in total. The number of H-pyrrole nitrogens is 1. The van der Waals surface area contributed by atoms with E-state index in [9.17, 15) is 9.59 Å². The number of carbonyl (C=O) groups is 1. The summed E-state index contributed by atoms with van der Waals surface area (Å²) in [5.41, 5.74) is 7.50. The average molecular weight is 440 g/mol. The Hall–Kier alpha value is -3.47. The van der Waals surface area contributed by atoms with E-state index in [4.69, 9.17) is 4.98 Å². The lowest BCUT2D eigenvalue weighted by Gasteiger charge is -2.22. The first-order chi connectivity index (χ1) is 16.0. The zero-order valence-electron chi connectivity index (χ0n) is 19.2. The van der Waals surface area contributed by atoms with E-state index in [1.807, 2.05) is 43.5 Å². The molecule has 33 heavy (non-hydrogen) atoms. The van der Waals surface area contributed by atoms with Crippen LogP contribution >= 0.6 is 0 Å². The highest BCUT2D eigenvalue weighted by Crippen LogP contribution is 2.34. The van der Waals surface area contributed by atoms with Gasteiger partial charge in [-0.05, 0) is 55.9 Å². The number of benzene rings is 1. The molecule has 0 amide bonds. The number of nitrogens with zero attached hydrogens (tertiary/aromatic N) is 2. The minimum atomic E-state index is -0.0650. The van der Waals surface area contributed by atoms with Crippen LogP contribution in [0, 0.1) is 12.8 Å². The molecule has 1 fully saturated rings. The summed E-state index contributed by atoms with van der Waals surface area (Å²) < 4.78 is 2.36. The fourth-order valence-electron chi connectivity index (χ4n) is 4.98. The Labute approximate surface area is 193 Å². The fraction of sp³-hybridized carbons (Fsp3) is 0.321. The van der Waals surface area contributed by atoms with Gasteiger partial charge in [-0.25, -0.2) is 0 Å². The Morgan fingerprint density at radius 1 is 1.06 bits per heavy atom. The molecular formula is C28H29N3O2. The van der Waals surface area contributed by atoms with Gasteiger partial charge in [-0.1, -0.05) is 43.5 Å². The minimum absolute atomic E-state index is 0.0650. The van der Waals surface area contributed by atoms with Gasteiger partial charge in [-0.3, -0.25) is 14.6 Å². The summed E-state index contributed by atoms with van der Waals surface area (Å²) >= 11 is 0. The third-order valence-electron chi connectivity index (χ3n) is 6.92. The quantitative estimate of drug-likeness (QED) is 0.379. The van der Waals surface area contributed by atoms with Crippen molar-refractivity contribution in [3.05, 3.63) is 76.5 Å². The van der Waals surface area contributed by atoms with Crippen LogP contribution in [0.3, 0.4) is 0 Å². The molecule has 5 rings (SSSR count). The van der Waals surface area contributed by atoms with Crippen LogP contribution in [-0.2, 0) is 6.54 Å². The SMILES string of the molecule is CC(=O)c1ccc(-c2cn(CC3CCCCC3)c3cc(-c4c[nH]c(=O)c(C)c4)cnc23)cc1.